The average molecular weight is 257 g/mol. The molecule has 1 aliphatic rings. The number of carbonyl (C=O) groups excluding carboxylic acids is 2. The summed E-state index contributed by atoms with van der Waals surface area (Å²) in [7, 11) is 1.31. The van der Waals surface area contributed by atoms with E-state index in [0.29, 0.717) is 6.47 Å². The summed E-state index contributed by atoms with van der Waals surface area (Å²) in [4.78, 5) is 22.3. The van der Waals surface area contributed by atoms with Crippen LogP contribution < -0.4 is 0 Å². The second kappa shape index (κ2) is 7.74. The van der Waals surface area contributed by atoms with Gasteiger partial charge in [-0.3, -0.25) is 4.79 Å². The van der Waals surface area contributed by atoms with Gasteiger partial charge in [-0.1, -0.05) is 11.6 Å². The molecule has 0 spiro atoms. The fraction of sp³-hybridized carbons (Fsp3) is 0.692. The molecule has 1 amide bonds. The molecule has 1 heterocycles. The van der Waals surface area contributed by atoms with Crippen molar-refractivity contribution < 1.29 is 19.1 Å². The molecule has 104 valence electrons. The molecule has 0 aromatic heterocycles. The van der Waals surface area contributed by atoms with Crippen molar-refractivity contribution in [2.45, 2.75) is 39.7 Å². The Kier molecular flexibility index (Phi) is 7.08. The minimum atomic E-state index is -0.393. The number of likely N-dealkylation sites (tertiary alicyclic amines) is 1. The van der Waals surface area contributed by atoms with Crippen LogP contribution in [0.5, 0.6) is 0 Å². The number of allylic oxidation sites excluding steroid dienone is 1. The van der Waals surface area contributed by atoms with Crippen LogP contribution >= 0.6 is 0 Å². The maximum atomic E-state index is 11.6. The van der Waals surface area contributed by atoms with Gasteiger partial charge >= 0.3 is 6.09 Å². The van der Waals surface area contributed by atoms with Crippen molar-refractivity contribution in [1.29, 1.82) is 0 Å². The third-order valence-corrected chi connectivity index (χ3v) is 2.25. The van der Waals surface area contributed by atoms with Crippen LogP contribution in [0.3, 0.4) is 0 Å². The van der Waals surface area contributed by atoms with Crippen LogP contribution in [-0.2, 0) is 14.3 Å². The van der Waals surface area contributed by atoms with Crippen LogP contribution in [0.15, 0.2) is 11.6 Å². The van der Waals surface area contributed by atoms with Crippen LogP contribution in [0.1, 0.15) is 34.1 Å². The van der Waals surface area contributed by atoms with Crippen LogP contribution in [0.25, 0.3) is 0 Å². The Morgan fingerprint density at radius 1 is 1.39 bits per heavy atom. The first-order valence-electron chi connectivity index (χ1n) is 5.92. The van der Waals surface area contributed by atoms with Crippen molar-refractivity contribution in [1.82, 2.24) is 4.90 Å². The molecule has 0 atom stereocenters. The van der Waals surface area contributed by atoms with Gasteiger partial charge in [-0.15, -0.1) is 0 Å². The third-order valence-electron chi connectivity index (χ3n) is 2.25. The van der Waals surface area contributed by atoms with Gasteiger partial charge in [0.2, 0.25) is 0 Å². The third kappa shape index (κ3) is 6.93. The number of carbonyl (C=O) groups is 2. The zero-order valence-corrected chi connectivity index (χ0v) is 11.9. The standard InChI is InChI=1S/C11H19NO2.C2H4O2/c1-5-9-6-7-12(8-9)10(13)14-11(2,3)4;1-4-2-3/h5H,6-8H2,1-4H3;2H,1H3/b9-5-;. The minimum Gasteiger partial charge on any atom is -0.471 e. The molecule has 0 radical (unpaired) electrons. The maximum absolute atomic E-state index is 11.6. The molecule has 18 heavy (non-hydrogen) atoms. The molecule has 0 N–H and O–H groups in total. The largest absolute Gasteiger partial charge is 0.471 e. The average Bonchev–Trinajstić information content (AvgIpc) is 2.76. The normalized spacial score (nSPS) is 16.9. The van der Waals surface area contributed by atoms with Crippen LogP contribution in [0.4, 0.5) is 4.79 Å². The van der Waals surface area contributed by atoms with Gasteiger partial charge < -0.3 is 14.4 Å². The number of rotatable bonds is 1. The lowest BCUT2D eigenvalue weighted by molar-refractivity contribution is -0.126. The fourth-order valence-electron chi connectivity index (χ4n) is 1.40. The molecular formula is C13H23NO4. The molecule has 1 rings (SSSR count). The lowest BCUT2D eigenvalue weighted by atomic mass is 10.2. The number of amides is 1. The van der Waals surface area contributed by atoms with E-state index in [1.807, 2.05) is 27.7 Å². The van der Waals surface area contributed by atoms with E-state index in [4.69, 9.17) is 9.53 Å². The molecule has 5 heteroatoms. The molecule has 0 saturated carbocycles. The Morgan fingerprint density at radius 2 is 1.94 bits per heavy atom. The van der Waals surface area contributed by atoms with Crippen molar-refractivity contribution in [3.8, 4) is 0 Å². The highest BCUT2D eigenvalue weighted by Crippen LogP contribution is 2.18. The van der Waals surface area contributed by atoms with Crippen molar-refractivity contribution in [2.75, 3.05) is 20.2 Å². The van der Waals surface area contributed by atoms with E-state index < -0.39 is 5.60 Å². The first kappa shape index (κ1) is 16.5. The van der Waals surface area contributed by atoms with E-state index in [1.54, 1.807) is 4.90 Å². The SMILES string of the molecule is C/C=C1/CCN(C(=O)OC(C)(C)C)C1.COC=O. The smallest absolute Gasteiger partial charge is 0.410 e. The summed E-state index contributed by atoms with van der Waals surface area (Å²) < 4.78 is 9.14. The van der Waals surface area contributed by atoms with Gasteiger partial charge in [-0.2, -0.15) is 0 Å². The number of nitrogens with zero attached hydrogens (tertiary/aromatic N) is 1. The Bertz CT molecular complexity index is 305. The van der Waals surface area contributed by atoms with Crippen molar-refractivity contribution in [3.63, 3.8) is 0 Å². The number of ether oxygens (including phenoxy) is 2. The van der Waals surface area contributed by atoms with Gasteiger partial charge in [0.1, 0.15) is 5.60 Å². The summed E-state index contributed by atoms with van der Waals surface area (Å²) >= 11 is 0. The van der Waals surface area contributed by atoms with Crippen LogP contribution in [-0.4, -0.2) is 43.3 Å². The molecule has 1 fully saturated rings. The summed E-state index contributed by atoms with van der Waals surface area (Å²) in [6.07, 6.45) is 2.86. The van der Waals surface area contributed by atoms with Gasteiger partial charge in [-0.05, 0) is 34.1 Å². The topological polar surface area (TPSA) is 55.8 Å². The molecule has 0 aromatic rings. The predicted octanol–water partition coefficient (Wildman–Crippen LogP) is 2.36. The van der Waals surface area contributed by atoms with Crippen LogP contribution in [0, 0.1) is 0 Å². The van der Waals surface area contributed by atoms with E-state index in [2.05, 4.69) is 10.8 Å². The molecule has 0 unspecified atom stereocenters. The highest BCUT2D eigenvalue weighted by Gasteiger charge is 2.25. The Morgan fingerprint density at radius 3 is 2.28 bits per heavy atom. The van der Waals surface area contributed by atoms with E-state index in [0.717, 1.165) is 19.5 Å². The molecular weight excluding hydrogens is 234 g/mol. The Balaban J connectivity index is 0.000000631. The fourth-order valence-corrected chi connectivity index (χ4v) is 1.40. The van der Waals surface area contributed by atoms with Gasteiger partial charge in [-0.25, -0.2) is 4.79 Å². The maximum Gasteiger partial charge on any atom is 0.410 e. The molecule has 1 aliphatic heterocycles. The highest BCUT2D eigenvalue weighted by molar-refractivity contribution is 5.69. The summed E-state index contributed by atoms with van der Waals surface area (Å²) in [6, 6.07) is 0. The first-order valence-corrected chi connectivity index (χ1v) is 5.92. The molecule has 0 aliphatic carbocycles. The number of methoxy groups -OCH3 is 1. The number of hydrogen-bond acceptors (Lipinski definition) is 4. The lowest BCUT2D eigenvalue weighted by Crippen LogP contribution is -2.34. The van der Waals surface area contributed by atoms with Crippen LogP contribution in [0.2, 0.25) is 0 Å². The van der Waals surface area contributed by atoms with Gasteiger partial charge in [0.15, 0.2) is 0 Å². The summed E-state index contributed by atoms with van der Waals surface area (Å²) in [5, 5.41) is 0. The predicted molar refractivity (Wildman–Crippen MR) is 69.3 cm³/mol. The Labute approximate surface area is 109 Å². The van der Waals surface area contributed by atoms with Gasteiger partial charge in [0.05, 0.1) is 7.11 Å². The van der Waals surface area contributed by atoms with Crippen molar-refractivity contribution in [2.24, 2.45) is 0 Å². The van der Waals surface area contributed by atoms with E-state index in [-0.39, 0.29) is 6.09 Å². The second-order valence-corrected chi connectivity index (χ2v) is 4.93. The van der Waals surface area contributed by atoms with Gasteiger partial charge in [0, 0.05) is 13.1 Å². The first-order chi connectivity index (χ1) is 8.34. The molecule has 0 bridgehead atoms. The summed E-state index contributed by atoms with van der Waals surface area (Å²) in [5.74, 6) is 0. The molecule has 1 saturated heterocycles. The van der Waals surface area contributed by atoms with E-state index in [1.165, 1.54) is 12.7 Å². The van der Waals surface area contributed by atoms with E-state index >= 15 is 0 Å². The Hall–Kier alpha value is -1.52. The molecule has 0 aromatic carbocycles. The minimum absolute atomic E-state index is 0.200. The number of hydrogen-bond donors (Lipinski definition) is 0. The zero-order valence-electron chi connectivity index (χ0n) is 11.9. The molecule has 5 nitrogen and oxygen atoms in total. The summed E-state index contributed by atoms with van der Waals surface area (Å²) in [5.41, 5.74) is 0.923. The van der Waals surface area contributed by atoms with E-state index in [9.17, 15) is 4.79 Å². The van der Waals surface area contributed by atoms with Crippen molar-refractivity contribution in [3.05, 3.63) is 11.6 Å². The lowest BCUT2D eigenvalue weighted by Gasteiger charge is -2.23. The monoisotopic (exact) mass is 257 g/mol. The second-order valence-electron chi connectivity index (χ2n) is 4.93. The zero-order chi connectivity index (χ0) is 14.2. The van der Waals surface area contributed by atoms with Crippen molar-refractivity contribution >= 4 is 12.6 Å². The summed E-state index contributed by atoms with van der Waals surface area (Å²) in [6.45, 7) is 9.56. The van der Waals surface area contributed by atoms with Gasteiger partial charge in [0.25, 0.3) is 6.47 Å². The highest BCUT2D eigenvalue weighted by atomic mass is 16.6. The quantitative estimate of drug-likeness (QED) is 0.534.